The molecule has 102 valence electrons. The van der Waals surface area contributed by atoms with Crippen LogP contribution in [0.4, 0.5) is 5.82 Å². The third kappa shape index (κ3) is 3.95. The zero-order valence-corrected chi connectivity index (χ0v) is 11.9. The zero-order chi connectivity index (χ0) is 14.4. The van der Waals surface area contributed by atoms with Crippen LogP contribution < -0.4 is 4.90 Å². The predicted molar refractivity (Wildman–Crippen MR) is 72.9 cm³/mol. The standard InChI is InChI=1S/C14H19N3O2/c1-10-8-11(2)16-14(12(10)9-15)17(3)7-5-6-13(18)19-4/h8H,5-7H2,1-4H3. The van der Waals surface area contributed by atoms with E-state index in [1.807, 2.05) is 31.9 Å². The number of methoxy groups -OCH3 is 1. The number of esters is 1. The van der Waals surface area contributed by atoms with E-state index in [0.717, 1.165) is 11.3 Å². The minimum atomic E-state index is -0.220. The molecule has 0 bridgehead atoms. The molecule has 0 saturated heterocycles. The molecule has 0 N–H and O–H groups in total. The molecule has 19 heavy (non-hydrogen) atoms. The molecular weight excluding hydrogens is 242 g/mol. The first-order valence-electron chi connectivity index (χ1n) is 6.16. The van der Waals surface area contributed by atoms with E-state index in [9.17, 15) is 10.1 Å². The summed E-state index contributed by atoms with van der Waals surface area (Å²) in [6, 6.07) is 4.08. The van der Waals surface area contributed by atoms with Gasteiger partial charge in [0.25, 0.3) is 0 Å². The van der Waals surface area contributed by atoms with Crippen molar-refractivity contribution in [2.24, 2.45) is 0 Å². The van der Waals surface area contributed by atoms with Gasteiger partial charge in [0, 0.05) is 25.7 Å². The average molecular weight is 261 g/mol. The van der Waals surface area contributed by atoms with Crippen molar-refractivity contribution in [3.05, 3.63) is 22.9 Å². The molecule has 1 aromatic rings. The highest BCUT2D eigenvalue weighted by Gasteiger charge is 2.13. The van der Waals surface area contributed by atoms with Gasteiger partial charge in [-0.1, -0.05) is 0 Å². The number of rotatable bonds is 5. The van der Waals surface area contributed by atoms with Crippen LogP contribution in [0.25, 0.3) is 0 Å². The SMILES string of the molecule is COC(=O)CCCN(C)c1nc(C)cc(C)c1C#N. The topological polar surface area (TPSA) is 66.2 Å². The molecule has 0 aromatic carbocycles. The summed E-state index contributed by atoms with van der Waals surface area (Å²) in [5.74, 6) is 0.451. The summed E-state index contributed by atoms with van der Waals surface area (Å²) in [7, 11) is 3.25. The smallest absolute Gasteiger partial charge is 0.305 e. The number of aromatic nitrogens is 1. The maximum atomic E-state index is 11.1. The van der Waals surface area contributed by atoms with E-state index in [2.05, 4.69) is 15.8 Å². The Bertz CT molecular complexity index is 506. The molecule has 1 heterocycles. The number of anilines is 1. The Kier molecular flexibility index (Phi) is 5.31. The first-order valence-corrected chi connectivity index (χ1v) is 6.16. The van der Waals surface area contributed by atoms with E-state index in [0.29, 0.717) is 30.8 Å². The Morgan fingerprint density at radius 3 is 2.79 bits per heavy atom. The molecule has 0 radical (unpaired) electrons. The minimum Gasteiger partial charge on any atom is -0.469 e. The van der Waals surface area contributed by atoms with Crippen LogP contribution in [-0.4, -0.2) is 31.7 Å². The maximum Gasteiger partial charge on any atom is 0.305 e. The van der Waals surface area contributed by atoms with Gasteiger partial charge in [0.2, 0.25) is 0 Å². The summed E-state index contributed by atoms with van der Waals surface area (Å²) in [4.78, 5) is 17.4. The number of aryl methyl sites for hydroxylation is 2. The van der Waals surface area contributed by atoms with E-state index in [1.54, 1.807) is 0 Å². The first kappa shape index (κ1) is 15.0. The van der Waals surface area contributed by atoms with Gasteiger partial charge < -0.3 is 9.64 Å². The lowest BCUT2D eigenvalue weighted by molar-refractivity contribution is -0.140. The van der Waals surface area contributed by atoms with Gasteiger partial charge in [0.05, 0.1) is 12.7 Å². The van der Waals surface area contributed by atoms with Gasteiger partial charge in [-0.15, -0.1) is 0 Å². The van der Waals surface area contributed by atoms with Gasteiger partial charge >= 0.3 is 5.97 Å². The molecule has 5 heteroatoms. The number of nitrogens with zero attached hydrogens (tertiary/aromatic N) is 3. The summed E-state index contributed by atoms with van der Waals surface area (Å²) in [6.45, 7) is 4.46. The normalized spacial score (nSPS) is 9.84. The van der Waals surface area contributed by atoms with Crippen molar-refractivity contribution in [1.29, 1.82) is 5.26 Å². The second-order valence-corrected chi connectivity index (χ2v) is 4.49. The van der Waals surface area contributed by atoms with Crippen LogP contribution in [0, 0.1) is 25.2 Å². The van der Waals surface area contributed by atoms with E-state index >= 15 is 0 Å². The van der Waals surface area contributed by atoms with Crippen LogP contribution in [-0.2, 0) is 9.53 Å². The van der Waals surface area contributed by atoms with Gasteiger partial charge in [-0.2, -0.15) is 5.26 Å². The number of carbonyl (C=O) groups is 1. The summed E-state index contributed by atoms with van der Waals surface area (Å²) in [6.07, 6.45) is 1.04. The molecule has 0 spiro atoms. The largest absolute Gasteiger partial charge is 0.469 e. The lowest BCUT2D eigenvalue weighted by Crippen LogP contribution is -2.22. The van der Waals surface area contributed by atoms with Crippen molar-refractivity contribution < 1.29 is 9.53 Å². The fourth-order valence-electron chi connectivity index (χ4n) is 1.90. The Balaban J connectivity index is 2.79. The van der Waals surface area contributed by atoms with Crippen LogP contribution in [0.15, 0.2) is 6.07 Å². The number of hydrogen-bond donors (Lipinski definition) is 0. The minimum absolute atomic E-state index is 0.220. The lowest BCUT2D eigenvalue weighted by atomic mass is 10.1. The fraction of sp³-hybridized carbons (Fsp3) is 0.500. The average Bonchev–Trinajstić information content (AvgIpc) is 2.37. The third-order valence-corrected chi connectivity index (χ3v) is 2.90. The molecule has 0 fully saturated rings. The van der Waals surface area contributed by atoms with E-state index < -0.39 is 0 Å². The number of pyridine rings is 1. The Hall–Kier alpha value is -2.09. The summed E-state index contributed by atoms with van der Waals surface area (Å²) in [5.41, 5.74) is 2.39. The maximum absolute atomic E-state index is 11.1. The molecule has 0 amide bonds. The highest BCUT2D eigenvalue weighted by Crippen LogP contribution is 2.21. The third-order valence-electron chi connectivity index (χ3n) is 2.90. The van der Waals surface area contributed by atoms with Gasteiger partial charge in [0.1, 0.15) is 11.9 Å². The van der Waals surface area contributed by atoms with E-state index in [4.69, 9.17) is 0 Å². The predicted octanol–water partition coefficient (Wildman–Crippen LogP) is 1.96. The highest BCUT2D eigenvalue weighted by molar-refractivity contribution is 5.69. The highest BCUT2D eigenvalue weighted by atomic mass is 16.5. The van der Waals surface area contributed by atoms with Gasteiger partial charge in [0.15, 0.2) is 0 Å². The molecule has 0 atom stereocenters. The van der Waals surface area contributed by atoms with Crippen LogP contribution in [0.2, 0.25) is 0 Å². The second kappa shape index (κ2) is 6.74. The number of carbonyl (C=O) groups excluding carboxylic acids is 1. The van der Waals surface area contributed by atoms with Crippen LogP contribution in [0.1, 0.15) is 29.7 Å². The molecule has 0 aliphatic heterocycles. The van der Waals surface area contributed by atoms with Gasteiger partial charge in [-0.25, -0.2) is 4.98 Å². The summed E-state index contributed by atoms with van der Waals surface area (Å²) >= 11 is 0. The zero-order valence-electron chi connectivity index (χ0n) is 11.9. The molecule has 0 unspecified atom stereocenters. The van der Waals surface area contributed by atoms with Gasteiger partial charge in [-0.3, -0.25) is 4.79 Å². The Morgan fingerprint density at radius 2 is 2.21 bits per heavy atom. The molecule has 0 aliphatic rings. The van der Waals surface area contributed by atoms with E-state index in [1.165, 1.54) is 7.11 Å². The van der Waals surface area contributed by atoms with Gasteiger partial charge in [-0.05, 0) is 31.9 Å². The van der Waals surface area contributed by atoms with Crippen molar-refractivity contribution in [2.75, 3.05) is 25.6 Å². The molecule has 0 aliphatic carbocycles. The molecule has 5 nitrogen and oxygen atoms in total. The fourth-order valence-corrected chi connectivity index (χ4v) is 1.90. The molecule has 0 saturated carbocycles. The van der Waals surface area contributed by atoms with Crippen molar-refractivity contribution in [3.8, 4) is 6.07 Å². The van der Waals surface area contributed by atoms with Crippen molar-refractivity contribution in [2.45, 2.75) is 26.7 Å². The summed E-state index contributed by atoms with van der Waals surface area (Å²) < 4.78 is 4.60. The van der Waals surface area contributed by atoms with Crippen molar-refractivity contribution in [3.63, 3.8) is 0 Å². The number of hydrogen-bond acceptors (Lipinski definition) is 5. The first-order chi connectivity index (χ1) is 8.99. The lowest BCUT2D eigenvalue weighted by Gasteiger charge is -2.20. The number of nitriles is 1. The second-order valence-electron chi connectivity index (χ2n) is 4.49. The van der Waals surface area contributed by atoms with Crippen molar-refractivity contribution in [1.82, 2.24) is 4.98 Å². The number of ether oxygens (including phenoxy) is 1. The molecule has 1 aromatic heterocycles. The Morgan fingerprint density at radius 1 is 1.53 bits per heavy atom. The van der Waals surface area contributed by atoms with Crippen LogP contribution >= 0.6 is 0 Å². The monoisotopic (exact) mass is 261 g/mol. The van der Waals surface area contributed by atoms with Crippen molar-refractivity contribution >= 4 is 11.8 Å². The Labute approximate surface area is 113 Å². The summed E-state index contributed by atoms with van der Waals surface area (Å²) in [5, 5.41) is 9.20. The van der Waals surface area contributed by atoms with Crippen LogP contribution in [0.5, 0.6) is 0 Å². The van der Waals surface area contributed by atoms with E-state index in [-0.39, 0.29) is 5.97 Å². The molecule has 1 rings (SSSR count). The quantitative estimate of drug-likeness (QED) is 0.758. The molecular formula is C14H19N3O2. The van der Waals surface area contributed by atoms with Crippen LogP contribution in [0.3, 0.4) is 0 Å².